The lowest BCUT2D eigenvalue weighted by molar-refractivity contribution is -0.253. The second-order valence-corrected chi connectivity index (χ2v) is 5.35. The Balaban J connectivity index is 2.18. The molecule has 2 rings (SSSR count). The zero-order chi connectivity index (χ0) is 16.9. The van der Waals surface area contributed by atoms with E-state index in [2.05, 4.69) is 15.0 Å². The third kappa shape index (κ3) is 4.79. The van der Waals surface area contributed by atoms with E-state index in [1.54, 1.807) is 6.07 Å². The van der Waals surface area contributed by atoms with Gasteiger partial charge in [-0.3, -0.25) is 4.90 Å². The van der Waals surface area contributed by atoms with Gasteiger partial charge in [-0.25, -0.2) is 0 Å². The highest BCUT2D eigenvalue weighted by Gasteiger charge is 2.44. The number of aliphatic hydroxyl groups excluding tert-OH is 1. The molecule has 0 aliphatic carbocycles. The first-order chi connectivity index (χ1) is 10.9. The molecule has 130 valence electrons. The van der Waals surface area contributed by atoms with Gasteiger partial charge in [0.2, 0.25) is 0 Å². The van der Waals surface area contributed by atoms with Crippen LogP contribution in [0.4, 0.5) is 17.6 Å². The normalized spacial score (nSPS) is 18.2. The molecule has 8 heteroatoms. The van der Waals surface area contributed by atoms with Crippen molar-refractivity contribution >= 4 is 0 Å². The average molecular weight is 336 g/mol. The van der Waals surface area contributed by atoms with Crippen molar-refractivity contribution in [3.05, 3.63) is 29.8 Å². The molecular formula is C15H20F4N2O2. The first kappa shape index (κ1) is 18.0. The summed E-state index contributed by atoms with van der Waals surface area (Å²) in [6, 6.07) is 5.58. The molecule has 0 bridgehead atoms. The number of benzene rings is 1. The largest absolute Gasteiger partial charge is 0.461 e. The van der Waals surface area contributed by atoms with E-state index in [1.165, 1.54) is 18.2 Å². The van der Waals surface area contributed by atoms with Crippen LogP contribution in [0.15, 0.2) is 24.3 Å². The molecule has 1 heterocycles. The van der Waals surface area contributed by atoms with E-state index in [4.69, 9.17) is 0 Å². The standard InChI is InChI=1S/C15H20F4N2O2/c16-14(17)15(18,19)23-12-3-1-2-11(10-12)13(4-9-22)21-7-5-20-6-8-21/h1-3,10,13-14,20,22H,4-9H2/t13-/m1/s1. The van der Waals surface area contributed by atoms with Crippen LogP contribution < -0.4 is 10.1 Å². The zero-order valence-corrected chi connectivity index (χ0v) is 12.5. The average Bonchev–Trinajstić information content (AvgIpc) is 2.53. The molecule has 2 N–H and O–H groups in total. The van der Waals surface area contributed by atoms with Crippen LogP contribution in [-0.4, -0.2) is 55.3 Å². The summed E-state index contributed by atoms with van der Waals surface area (Å²) in [6.45, 7) is 3.03. The van der Waals surface area contributed by atoms with E-state index in [1.807, 2.05) is 0 Å². The molecule has 23 heavy (non-hydrogen) atoms. The van der Waals surface area contributed by atoms with E-state index < -0.39 is 12.5 Å². The van der Waals surface area contributed by atoms with E-state index in [0.717, 1.165) is 26.2 Å². The molecule has 0 unspecified atom stereocenters. The van der Waals surface area contributed by atoms with E-state index in [9.17, 15) is 22.7 Å². The van der Waals surface area contributed by atoms with Gasteiger partial charge < -0.3 is 15.2 Å². The molecule has 0 saturated carbocycles. The lowest BCUT2D eigenvalue weighted by atomic mass is 10.0. The van der Waals surface area contributed by atoms with Gasteiger partial charge >= 0.3 is 12.5 Å². The molecular weight excluding hydrogens is 316 g/mol. The maximum absolute atomic E-state index is 13.0. The van der Waals surface area contributed by atoms with Crippen molar-refractivity contribution in [2.75, 3.05) is 32.8 Å². The lowest BCUT2D eigenvalue weighted by Crippen LogP contribution is -2.45. The molecule has 1 aromatic rings. The van der Waals surface area contributed by atoms with E-state index in [-0.39, 0.29) is 18.4 Å². The summed E-state index contributed by atoms with van der Waals surface area (Å²) >= 11 is 0. The molecule has 1 atom stereocenters. The number of nitrogens with one attached hydrogen (secondary N) is 1. The van der Waals surface area contributed by atoms with Crippen molar-refractivity contribution in [1.29, 1.82) is 0 Å². The van der Waals surface area contributed by atoms with Crippen LogP contribution in [0.3, 0.4) is 0 Å². The fraction of sp³-hybridized carbons (Fsp3) is 0.600. The molecule has 1 aliphatic rings. The second kappa shape index (κ2) is 7.94. The van der Waals surface area contributed by atoms with Crippen LogP contribution in [0.1, 0.15) is 18.0 Å². The molecule has 0 spiro atoms. The third-order valence-corrected chi connectivity index (χ3v) is 3.75. The van der Waals surface area contributed by atoms with E-state index >= 15 is 0 Å². The zero-order valence-electron chi connectivity index (χ0n) is 12.5. The van der Waals surface area contributed by atoms with Crippen LogP contribution in [-0.2, 0) is 0 Å². The lowest BCUT2D eigenvalue weighted by Gasteiger charge is -2.35. The van der Waals surface area contributed by atoms with Crippen molar-refractivity contribution in [1.82, 2.24) is 10.2 Å². The Morgan fingerprint density at radius 1 is 1.26 bits per heavy atom. The summed E-state index contributed by atoms with van der Waals surface area (Å²) in [5, 5.41) is 12.5. The SMILES string of the molecule is OCC[C@H](c1cccc(OC(F)(F)C(F)F)c1)N1CCNCC1. The number of hydrogen-bond donors (Lipinski definition) is 2. The quantitative estimate of drug-likeness (QED) is 0.750. The van der Waals surface area contributed by atoms with Crippen LogP contribution in [0.2, 0.25) is 0 Å². The molecule has 0 amide bonds. The minimum atomic E-state index is -4.53. The third-order valence-electron chi connectivity index (χ3n) is 3.75. The maximum atomic E-state index is 13.0. The number of nitrogens with zero attached hydrogens (tertiary/aromatic N) is 1. The van der Waals surface area contributed by atoms with Crippen LogP contribution >= 0.6 is 0 Å². The predicted octanol–water partition coefficient (Wildman–Crippen LogP) is 2.25. The first-order valence-electron chi connectivity index (χ1n) is 7.44. The highest BCUT2D eigenvalue weighted by atomic mass is 19.3. The summed E-state index contributed by atoms with van der Waals surface area (Å²) in [7, 11) is 0. The Morgan fingerprint density at radius 3 is 2.57 bits per heavy atom. The molecule has 1 aliphatic heterocycles. The predicted molar refractivity (Wildman–Crippen MR) is 76.9 cm³/mol. The van der Waals surface area contributed by atoms with Gasteiger partial charge in [-0.15, -0.1) is 0 Å². The van der Waals surface area contributed by atoms with Gasteiger partial charge in [0.15, 0.2) is 0 Å². The topological polar surface area (TPSA) is 44.7 Å². The first-order valence-corrected chi connectivity index (χ1v) is 7.44. The van der Waals surface area contributed by atoms with Crippen molar-refractivity contribution in [3.8, 4) is 5.75 Å². The summed E-state index contributed by atoms with van der Waals surface area (Å²) in [5.41, 5.74) is 0.656. The molecule has 1 fully saturated rings. The number of hydrogen-bond acceptors (Lipinski definition) is 4. The summed E-state index contributed by atoms with van der Waals surface area (Å²) in [4.78, 5) is 2.12. The number of alkyl halides is 4. The van der Waals surface area contributed by atoms with Crippen molar-refractivity contribution in [2.24, 2.45) is 0 Å². The molecule has 0 radical (unpaired) electrons. The van der Waals surface area contributed by atoms with Crippen molar-refractivity contribution in [3.63, 3.8) is 0 Å². The maximum Gasteiger partial charge on any atom is 0.461 e. The number of rotatable bonds is 7. The van der Waals surface area contributed by atoms with Crippen LogP contribution in [0.25, 0.3) is 0 Å². The fourth-order valence-electron chi connectivity index (χ4n) is 2.66. The second-order valence-electron chi connectivity index (χ2n) is 5.35. The number of aliphatic hydroxyl groups is 1. The minimum Gasteiger partial charge on any atom is -0.428 e. The monoisotopic (exact) mass is 336 g/mol. The fourth-order valence-corrected chi connectivity index (χ4v) is 2.66. The van der Waals surface area contributed by atoms with Gasteiger partial charge in [0.1, 0.15) is 5.75 Å². The highest BCUT2D eigenvalue weighted by Crippen LogP contribution is 2.31. The van der Waals surface area contributed by atoms with Crippen molar-refractivity contribution < 1.29 is 27.4 Å². The Labute approximate surface area is 132 Å². The Hall–Kier alpha value is -1.38. The van der Waals surface area contributed by atoms with Crippen molar-refractivity contribution in [2.45, 2.75) is 25.0 Å². The number of piperazine rings is 1. The van der Waals surface area contributed by atoms with Gasteiger partial charge in [0.25, 0.3) is 0 Å². The van der Waals surface area contributed by atoms with Gasteiger partial charge in [0.05, 0.1) is 0 Å². The van der Waals surface area contributed by atoms with Gasteiger partial charge in [-0.2, -0.15) is 17.6 Å². The minimum absolute atomic E-state index is 0.0626. The number of halogens is 4. The Kier molecular flexibility index (Phi) is 6.20. The van der Waals surface area contributed by atoms with Gasteiger partial charge in [0, 0.05) is 38.8 Å². The van der Waals surface area contributed by atoms with E-state index in [0.29, 0.717) is 12.0 Å². The molecule has 1 aromatic carbocycles. The molecule has 4 nitrogen and oxygen atoms in total. The van der Waals surface area contributed by atoms with Gasteiger partial charge in [-0.1, -0.05) is 12.1 Å². The summed E-state index contributed by atoms with van der Waals surface area (Å²) in [5.74, 6) is -0.314. The van der Waals surface area contributed by atoms with Gasteiger partial charge in [-0.05, 0) is 24.1 Å². The summed E-state index contributed by atoms with van der Waals surface area (Å²) in [6.07, 6.45) is -8.00. The van der Waals surface area contributed by atoms with Crippen LogP contribution in [0, 0.1) is 0 Å². The van der Waals surface area contributed by atoms with Crippen LogP contribution in [0.5, 0.6) is 5.75 Å². The Bertz CT molecular complexity index is 496. The summed E-state index contributed by atoms with van der Waals surface area (Å²) < 4.78 is 54.7. The Morgan fingerprint density at radius 2 is 1.96 bits per heavy atom. The molecule has 1 saturated heterocycles. The number of ether oxygens (including phenoxy) is 1. The molecule has 0 aromatic heterocycles. The highest BCUT2D eigenvalue weighted by molar-refractivity contribution is 5.31. The smallest absolute Gasteiger partial charge is 0.428 e.